The average Bonchev–Trinajstić information content (AvgIpc) is 2.96. The molecule has 0 saturated carbocycles. The maximum atomic E-state index is 4.45. The van der Waals surface area contributed by atoms with E-state index < -0.39 is 0 Å². The maximum Gasteiger partial charge on any atom is 0.125 e. The summed E-state index contributed by atoms with van der Waals surface area (Å²) in [6.45, 7) is 20.3. The summed E-state index contributed by atoms with van der Waals surface area (Å²) in [6, 6.07) is 23.2. The first-order valence-electron chi connectivity index (χ1n) is 14.0. The molecule has 0 radical (unpaired) electrons. The Morgan fingerprint density at radius 1 is 0.825 bits per heavy atom. The zero-order valence-corrected chi connectivity index (χ0v) is 25.5. The Kier molecular flexibility index (Phi) is 13.5. The van der Waals surface area contributed by atoms with Crippen molar-refractivity contribution in [1.82, 2.24) is 14.9 Å². The minimum Gasteiger partial charge on any atom is -0.369 e. The molecule has 0 aliphatic carbocycles. The SMILES string of the molecule is C=C(C)C(=C)c1cc(-c2cncc(Cc3ccccc3)c2)ccc1C.CC.Cc1ccc(NCCN(C)C)nc1. The van der Waals surface area contributed by atoms with Gasteiger partial charge in [-0.05, 0) is 98.4 Å². The molecule has 40 heavy (non-hydrogen) atoms. The molecular weight excluding hydrogens is 488 g/mol. The van der Waals surface area contributed by atoms with E-state index in [1.807, 2.05) is 58.4 Å². The van der Waals surface area contributed by atoms with E-state index in [2.05, 4.69) is 109 Å². The van der Waals surface area contributed by atoms with Gasteiger partial charge in [-0.25, -0.2) is 4.98 Å². The van der Waals surface area contributed by atoms with Crippen LogP contribution in [0.1, 0.15) is 48.6 Å². The fourth-order valence-electron chi connectivity index (χ4n) is 3.91. The second-order valence-electron chi connectivity index (χ2n) is 9.98. The Hall–Kier alpha value is -4.02. The molecule has 4 heteroatoms. The predicted octanol–water partition coefficient (Wildman–Crippen LogP) is 8.63. The zero-order valence-electron chi connectivity index (χ0n) is 25.5. The minimum absolute atomic E-state index is 0.888. The normalized spacial score (nSPS) is 10.1. The Bertz CT molecular complexity index is 1340. The molecule has 0 spiro atoms. The van der Waals surface area contributed by atoms with Crippen LogP contribution < -0.4 is 5.32 Å². The summed E-state index contributed by atoms with van der Waals surface area (Å²) in [6.07, 6.45) is 6.63. The molecule has 2 aromatic carbocycles. The van der Waals surface area contributed by atoms with Crippen LogP contribution in [0.15, 0.2) is 104 Å². The lowest BCUT2D eigenvalue weighted by Gasteiger charge is -2.12. The zero-order chi connectivity index (χ0) is 29.5. The number of likely N-dealkylation sites (N-methyl/N-ethyl adjacent to an activating group) is 1. The van der Waals surface area contributed by atoms with E-state index in [0.717, 1.165) is 53.2 Å². The fourth-order valence-corrected chi connectivity index (χ4v) is 3.91. The van der Waals surface area contributed by atoms with Crippen LogP contribution in [0.5, 0.6) is 0 Å². The molecule has 0 unspecified atom stereocenters. The van der Waals surface area contributed by atoms with Crippen molar-refractivity contribution < 1.29 is 0 Å². The Balaban J connectivity index is 0.000000315. The fraction of sp³-hybridized carbons (Fsp3) is 0.278. The largest absolute Gasteiger partial charge is 0.369 e. The van der Waals surface area contributed by atoms with Crippen LogP contribution in [0.4, 0.5) is 5.82 Å². The van der Waals surface area contributed by atoms with E-state index in [1.165, 1.54) is 22.3 Å². The first-order valence-corrected chi connectivity index (χ1v) is 14.0. The van der Waals surface area contributed by atoms with Crippen molar-refractivity contribution in [3.8, 4) is 11.1 Å². The molecule has 0 saturated heterocycles. The van der Waals surface area contributed by atoms with Crippen LogP contribution in [-0.2, 0) is 6.42 Å². The molecule has 4 aromatic rings. The molecule has 4 nitrogen and oxygen atoms in total. The van der Waals surface area contributed by atoms with Crippen molar-refractivity contribution in [2.75, 3.05) is 32.5 Å². The average molecular weight is 535 g/mol. The third-order valence-electron chi connectivity index (χ3n) is 6.23. The second-order valence-corrected chi connectivity index (χ2v) is 9.98. The monoisotopic (exact) mass is 534 g/mol. The molecule has 210 valence electrons. The molecule has 0 aliphatic heterocycles. The lowest BCUT2D eigenvalue weighted by atomic mass is 9.93. The van der Waals surface area contributed by atoms with Gasteiger partial charge in [-0.3, -0.25) is 4.98 Å². The van der Waals surface area contributed by atoms with E-state index in [-0.39, 0.29) is 0 Å². The van der Waals surface area contributed by atoms with Crippen LogP contribution in [0.3, 0.4) is 0 Å². The summed E-state index contributed by atoms with van der Waals surface area (Å²) in [5, 5.41) is 3.25. The van der Waals surface area contributed by atoms with Crippen molar-refractivity contribution in [3.63, 3.8) is 0 Å². The standard InChI is InChI=1S/C24H23N.C10H17N3.C2H6/c1-17(2)19(4)24-14-22(11-10-18(24)3)23-13-21(15-25-16-23)12-20-8-6-5-7-9-20;1-9-4-5-10(12-8-9)11-6-7-13(2)3;1-2/h5-11,13-16H,1,4,12H2,2-3H3;4-5,8H,6-7H2,1-3H3,(H,11,12);1-2H3. The number of benzene rings is 2. The van der Waals surface area contributed by atoms with Gasteiger partial charge in [0.05, 0.1) is 0 Å². The van der Waals surface area contributed by atoms with Crippen molar-refractivity contribution in [2.45, 2.75) is 41.0 Å². The van der Waals surface area contributed by atoms with Crippen LogP contribution >= 0.6 is 0 Å². The van der Waals surface area contributed by atoms with Crippen molar-refractivity contribution >= 4 is 11.4 Å². The Morgan fingerprint density at radius 3 is 2.17 bits per heavy atom. The highest BCUT2D eigenvalue weighted by Gasteiger charge is 2.08. The smallest absolute Gasteiger partial charge is 0.125 e. The van der Waals surface area contributed by atoms with E-state index in [4.69, 9.17) is 0 Å². The number of anilines is 1. The number of allylic oxidation sites excluding steroid dienone is 2. The molecule has 0 amide bonds. The number of aryl methyl sites for hydroxylation is 2. The number of nitrogens with one attached hydrogen (secondary N) is 1. The molecule has 2 heterocycles. The predicted molar refractivity (Wildman–Crippen MR) is 175 cm³/mol. The van der Waals surface area contributed by atoms with Crippen molar-refractivity contribution in [1.29, 1.82) is 0 Å². The summed E-state index contributed by atoms with van der Waals surface area (Å²) in [5.41, 5.74) is 10.3. The summed E-state index contributed by atoms with van der Waals surface area (Å²) in [7, 11) is 4.12. The van der Waals surface area contributed by atoms with Crippen LogP contribution in [0.2, 0.25) is 0 Å². The number of rotatable bonds is 9. The van der Waals surface area contributed by atoms with E-state index in [1.54, 1.807) is 0 Å². The number of pyridine rings is 2. The molecular formula is C36H46N4. The highest BCUT2D eigenvalue weighted by molar-refractivity contribution is 5.81. The van der Waals surface area contributed by atoms with Gasteiger partial charge in [-0.15, -0.1) is 0 Å². The third-order valence-corrected chi connectivity index (χ3v) is 6.23. The van der Waals surface area contributed by atoms with Crippen molar-refractivity contribution in [3.05, 3.63) is 132 Å². The lowest BCUT2D eigenvalue weighted by molar-refractivity contribution is 0.425. The minimum atomic E-state index is 0.888. The van der Waals surface area contributed by atoms with E-state index in [0.29, 0.717) is 0 Å². The quantitative estimate of drug-likeness (QED) is 0.218. The third kappa shape index (κ3) is 10.6. The molecule has 0 atom stereocenters. The van der Waals surface area contributed by atoms with Gasteiger partial charge in [0, 0.05) is 37.2 Å². The first-order chi connectivity index (χ1) is 19.2. The Morgan fingerprint density at radius 2 is 1.55 bits per heavy atom. The summed E-state index contributed by atoms with van der Waals surface area (Å²) >= 11 is 0. The van der Waals surface area contributed by atoms with Crippen LogP contribution in [-0.4, -0.2) is 42.1 Å². The van der Waals surface area contributed by atoms with Gasteiger partial charge in [0.15, 0.2) is 0 Å². The van der Waals surface area contributed by atoms with Gasteiger partial charge in [0.2, 0.25) is 0 Å². The van der Waals surface area contributed by atoms with Gasteiger partial charge in [0.1, 0.15) is 5.82 Å². The lowest BCUT2D eigenvalue weighted by Crippen LogP contribution is -2.21. The summed E-state index contributed by atoms with van der Waals surface area (Å²) < 4.78 is 0. The molecule has 2 aromatic heterocycles. The Labute approximate surface area is 242 Å². The van der Waals surface area contributed by atoms with Gasteiger partial charge in [-0.1, -0.05) is 81.1 Å². The highest BCUT2D eigenvalue weighted by Crippen LogP contribution is 2.29. The van der Waals surface area contributed by atoms with Gasteiger partial charge in [0.25, 0.3) is 0 Å². The molecule has 0 aliphatic rings. The van der Waals surface area contributed by atoms with Crippen molar-refractivity contribution in [2.24, 2.45) is 0 Å². The summed E-state index contributed by atoms with van der Waals surface area (Å²) in [4.78, 5) is 10.8. The number of hydrogen-bond acceptors (Lipinski definition) is 4. The molecule has 1 N–H and O–H groups in total. The summed E-state index contributed by atoms with van der Waals surface area (Å²) in [5.74, 6) is 0.951. The van der Waals surface area contributed by atoms with E-state index >= 15 is 0 Å². The van der Waals surface area contributed by atoms with Gasteiger partial charge in [-0.2, -0.15) is 0 Å². The number of nitrogens with zero attached hydrogens (tertiary/aromatic N) is 3. The first kappa shape index (κ1) is 32.2. The topological polar surface area (TPSA) is 41.1 Å². The van der Waals surface area contributed by atoms with Gasteiger partial charge < -0.3 is 10.2 Å². The van der Waals surface area contributed by atoms with Gasteiger partial charge >= 0.3 is 0 Å². The molecule has 0 bridgehead atoms. The number of aromatic nitrogens is 2. The van der Waals surface area contributed by atoms with E-state index in [9.17, 15) is 0 Å². The highest BCUT2D eigenvalue weighted by atomic mass is 15.1. The second kappa shape index (κ2) is 16.8. The molecule has 0 fully saturated rings. The van der Waals surface area contributed by atoms with Crippen LogP contribution in [0.25, 0.3) is 16.7 Å². The van der Waals surface area contributed by atoms with Crippen LogP contribution in [0, 0.1) is 13.8 Å². The number of hydrogen-bond donors (Lipinski definition) is 1. The maximum absolute atomic E-state index is 4.45. The molecule has 4 rings (SSSR count).